The molecule has 1 aliphatic carbocycles. The van der Waals surface area contributed by atoms with Gasteiger partial charge in [-0.1, -0.05) is 29.3 Å². The topological polar surface area (TPSA) is 21.3 Å². The van der Waals surface area contributed by atoms with Gasteiger partial charge >= 0.3 is 0 Å². The Labute approximate surface area is 124 Å². The van der Waals surface area contributed by atoms with Crippen molar-refractivity contribution in [2.24, 2.45) is 11.8 Å². The van der Waals surface area contributed by atoms with Gasteiger partial charge in [0.1, 0.15) is 0 Å². The maximum Gasteiger partial charge on any atom is 0.0595 e. The van der Waals surface area contributed by atoms with E-state index in [0.717, 1.165) is 19.8 Å². The van der Waals surface area contributed by atoms with Crippen molar-refractivity contribution < 1.29 is 4.74 Å². The summed E-state index contributed by atoms with van der Waals surface area (Å²) in [6, 6.07) is 6.52. The van der Waals surface area contributed by atoms with Crippen LogP contribution >= 0.6 is 23.2 Å². The van der Waals surface area contributed by atoms with Crippen molar-refractivity contribution in [2.45, 2.75) is 25.3 Å². The van der Waals surface area contributed by atoms with E-state index in [2.05, 4.69) is 18.3 Å². The molecule has 3 rings (SSSR count). The average Bonchev–Trinajstić information content (AvgIpc) is 2.92. The number of halogens is 2. The van der Waals surface area contributed by atoms with Crippen LogP contribution in [0, 0.1) is 11.8 Å². The smallest absolute Gasteiger partial charge is 0.0595 e. The molecule has 4 atom stereocenters. The molecule has 1 aliphatic heterocycles. The van der Waals surface area contributed by atoms with Crippen molar-refractivity contribution in [1.29, 1.82) is 0 Å². The van der Waals surface area contributed by atoms with E-state index in [4.69, 9.17) is 27.9 Å². The molecule has 2 fully saturated rings. The van der Waals surface area contributed by atoms with Gasteiger partial charge in [-0.05, 0) is 49.9 Å². The van der Waals surface area contributed by atoms with Gasteiger partial charge in [-0.15, -0.1) is 0 Å². The van der Waals surface area contributed by atoms with Crippen LogP contribution in [0.5, 0.6) is 0 Å². The second-order valence-corrected chi connectivity index (χ2v) is 6.38. The molecule has 0 radical (unpaired) electrons. The Morgan fingerprint density at radius 3 is 2.84 bits per heavy atom. The second-order valence-electron chi connectivity index (χ2n) is 5.56. The quantitative estimate of drug-likeness (QED) is 0.919. The molecule has 1 heterocycles. The molecule has 19 heavy (non-hydrogen) atoms. The minimum absolute atomic E-state index is 0.184. The molecule has 1 saturated carbocycles. The minimum Gasteiger partial charge on any atom is -0.381 e. The molecule has 1 aromatic carbocycles. The third kappa shape index (κ3) is 1.92. The molecular weight excluding hydrogens is 281 g/mol. The van der Waals surface area contributed by atoms with Crippen molar-refractivity contribution in [3.63, 3.8) is 0 Å². The number of ether oxygens (including phenoxy) is 1. The summed E-state index contributed by atoms with van der Waals surface area (Å²) in [5, 5.41) is 4.84. The highest BCUT2D eigenvalue weighted by Gasteiger charge is 2.70. The lowest BCUT2D eigenvalue weighted by Crippen LogP contribution is -2.35. The lowest BCUT2D eigenvalue weighted by molar-refractivity contribution is 0.124. The number of hydrogen-bond donors (Lipinski definition) is 1. The number of nitrogens with one attached hydrogen (secondary N) is 1. The van der Waals surface area contributed by atoms with Crippen LogP contribution in [0.1, 0.15) is 19.4 Å². The van der Waals surface area contributed by atoms with E-state index in [-0.39, 0.29) is 5.41 Å². The van der Waals surface area contributed by atoms with Crippen LogP contribution < -0.4 is 5.32 Å². The molecule has 0 unspecified atom stereocenters. The van der Waals surface area contributed by atoms with E-state index < -0.39 is 0 Å². The van der Waals surface area contributed by atoms with E-state index in [1.807, 2.05) is 19.1 Å². The Morgan fingerprint density at radius 2 is 2.16 bits per heavy atom. The molecular formula is C15H19Cl2NO. The molecule has 4 heteroatoms. The molecule has 0 amide bonds. The fourth-order valence-electron chi connectivity index (χ4n) is 3.93. The third-order valence-electron chi connectivity index (χ3n) is 4.89. The molecule has 0 spiro atoms. The Kier molecular flexibility index (Phi) is 3.55. The van der Waals surface area contributed by atoms with Crippen molar-refractivity contribution in [3.8, 4) is 0 Å². The average molecular weight is 300 g/mol. The Balaban J connectivity index is 1.93. The maximum atomic E-state index is 6.19. The van der Waals surface area contributed by atoms with Gasteiger partial charge < -0.3 is 10.1 Å². The van der Waals surface area contributed by atoms with Gasteiger partial charge in [0.25, 0.3) is 0 Å². The lowest BCUT2D eigenvalue weighted by Gasteiger charge is -2.23. The zero-order valence-electron chi connectivity index (χ0n) is 11.2. The van der Waals surface area contributed by atoms with E-state index >= 15 is 0 Å². The van der Waals surface area contributed by atoms with Crippen LogP contribution in [-0.2, 0) is 10.2 Å². The van der Waals surface area contributed by atoms with Gasteiger partial charge in [-0.3, -0.25) is 0 Å². The summed E-state index contributed by atoms with van der Waals surface area (Å²) in [7, 11) is 0. The van der Waals surface area contributed by atoms with Crippen LogP contribution in [0.4, 0.5) is 0 Å². The van der Waals surface area contributed by atoms with Gasteiger partial charge in [0.2, 0.25) is 0 Å². The van der Waals surface area contributed by atoms with Crippen LogP contribution in [0.25, 0.3) is 0 Å². The van der Waals surface area contributed by atoms with Crippen molar-refractivity contribution in [1.82, 2.24) is 5.32 Å². The molecule has 1 aromatic rings. The molecule has 1 N–H and O–H groups in total. The summed E-state index contributed by atoms with van der Waals surface area (Å²) in [5.74, 6) is 1.26. The molecule has 2 nitrogen and oxygen atoms in total. The number of benzene rings is 1. The lowest BCUT2D eigenvalue weighted by atomic mass is 9.87. The standard InChI is InChI=1S/C15H19Cl2NO/c1-3-19-8-12-11-7-18-9(2)15(11,12)10-4-5-13(16)14(17)6-10/h4-6,9,11-12,18H,3,7-8H2,1-2H3/t9-,11-,12-,15+/m1/s1. The van der Waals surface area contributed by atoms with Crippen molar-refractivity contribution >= 4 is 23.2 Å². The largest absolute Gasteiger partial charge is 0.381 e. The second kappa shape index (κ2) is 4.92. The highest BCUT2D eigenvalue weighted by atomic mass is 35.5. The number of fused-ring (bicyclic) bond motifs is 1. The Morgan fingerprint density at radius 1 is 1.37 bits per heavy atom. The summed E-state index contributed by atoms with van der Waals surface area (Å²) in [4.78, 5) is 0. The predicted octanol–water partition coefficient (Wildman–Crippen LogP) is 3.51. The molecule has 0 bridgehead atoms. The first-order chi connectivity index (χ1) is 9.12. The van der Waals surface area contributed by atoms with E-state index in [1.54, 1.807) is 0 Å². The Hall–Kier alpha value is -0.280. The van der Waals surface area contributed by atoms with Gasteiger partial charge in [0, 0.05) is 18.1 Å². The minimum atomic E-state index is 0.184. The summed E-state index contributed by atoms with van der Waals surface area (Å²) in [6.45, 7) is 7.00. The highest BCUT2D eigenvalue weighted by molar-refractivity contribution is 6.42. The first kappa shape index (κ1) is 13.7. The first-order valence-electron chi connectivity index (χ1n) is 6.89. The number of piperidine rings is 1. The van der Waals surface area contributed by atoms with Crippen LogP contribution in [0.2, 0.25) is 10.0 Å². The van der Waals surface area contributed by atoms with Crippen LogP contribution in [-0.4, -0.2) is 25.8 Å². The first-order valence-corrected chi connectivity index (χ1v) is 7.64. The van der Waals surface area contributed by atoms with Crippen LogP contribution in [0.15, 0.2) is 18.2 Å². The van der Waals surface area contributed by atoms with Gasteiger partial charge in [0.05, 0.1) is 16.7 Å². The van der Waals surface area contributed by atoms with Gasteiger partial charge in [-0.2, -0.15) is 0 Å². The molecule has 0 aromatic heterocycles. The van der Waals surface area contributed by atoms with E-state index in [1.165, 1.54) is 5.56 Å². The molecule has 2 aliphatic rings. The van der Waals surface area contributed by atoms with Crippen molar-refractivity contribution in [2.75, 3.05) is 19.8 Å². The fourth-order valence-corrected chi connectivity index (χ4v) is 4.23. The summed E-state index contributed by atoms with van der Waals surface area (Å²) >= 11 is 12.2. The molecule has 104 valence electrons. The summed E-state index contributed by atoms with van der Waals surface area (Å²) in [6.07, 6.45) is 0. The summed E-state index contributed by atoms with van der Waals surface area (Å²) in [5.41, 5.74) is 1.48. The maximum absolute atomic E-state index is 6.19. The predicted molar refractivity (Wildman–Crippen MR) is 79.1 cm³/mol. The SMILES string of the molecule is CCOC[C@@H]1[C@H]2CN[C@H](C)[C@]21c1ccc(Cl)c(Cl)c1. The van der Waals surface area contributed by atoms with Crippen molar-refractivity contribution in [3.05, 3.63) is 33.8 Å². The zero-order chi connectivity index (χ0) is 13.6. The fraction of sp³-hybridized carbons (Fsp3) is 0.600. The highest BCUT2D eigenvalue weighted by Crippen LogP contribution is 2.65. The van der Waals surface area contributed by atoms with E-state index in [9.17, 15) is 0 Å². The van der Waals surface area contributed by atoms with Crippen LogP contribution in [0.3, 0.4) is 0 Å². The normalized spacial score (nSPS) is 36.3. The van der Waals surface area contributed by atoms with E-state index in [0.29, 0.717) is 27.9 Å². The zero-order valence-corrected chi connectivity index (χ0v) is 12.8. The van der Waals surface area contributed by atoms with Gasteiger partial charge in [-0.25, -0.2) is 0 Å². The number of hydrogen-bond acceptors (Lipinski definition) is 2. The molecule has 1 saturated heterocycles. The monoisotopic (exact) mass is 299 g/mol. The van der Waals surface area contributed by atoms with Gasteiger partial charge in [0.15, 0.2) is 0 Å². The Bertz CT molecular complexity index is 493. The number of rotatable bonds is 4. The summed E-state index contributed by atoms with van der Waals surface area (Å²) < 4.78 is 5.66. The third-order valence-corrected chi connectivity index (χ3v) is 5.62.